The molecule has 0 radical (unpaired) electrons. The zero-order valence-corrected chi connectivity index (χ0v) is 18.3. The third-order valence-electron chi connectivity index (χ3n) is 5.30. The molecule has 1 fully saturated rings. The molecule has 0 unspecified atom stereocenters. The first-order chi connectivity index (χ1) is 16.1. The number of nitriles is 1. The summed E-state index contributed by atoms with van der Waals surface area (Å²) < 4.78 is 84.4. The minimum Gasteiger partial charge on any atom is -0.338 e. The predicted octanol–water partition coefficient (Wildman–Crippen LogP) is 3.27. The number of rotatable bonds is 5. The normalized spacial score (nSPS) is 15.9. The standard InChI is InChI=1S/C21H17F4N5O3S/c22-18-5-4-17(11-15(18)12-26)34(31,32)30-8-6-29(7-9-30)13-19-27-20(28-33-19)14-2-1-3-16(10-14)21(23,24)25/h1-5,10-11H,6-9,13H2. The summed E-state index contributed by atoms with van der Waals surface area (Å²) in [6.45, 7) is 1.11. The minimum atomic E-state index is -4.49. The molecule has 1 aromatic heterocycles. The summed E-state index contributed by atoms with van der Waals surface area (Å²) in [5.74, 6) is -0.594. The fourth-order valence-corrected chi connectivity index (χ4v) is 4.94. The second-order valence-corrected chi connectivity index (χ2v) is 9.46. The number of piperazine rings is 1. The van der Waals surface area contributed by atoms with E-state index in [9.17, 15) is 26.0 Å². The maximum absolute atomic E-state index is 13.5. The summed E-state index contributed by atoms with van der Waals surface area (Å²) in [4.78, 5) is 5.85. The molecule has 2 aromatic carbocycles. The number of halogens is 4. The highest BCUT2D eigenvalue weighted by molar-refractivity contribution is 7.89. The molecule has 4 rings (SSSR count). The molecular formula is C21H17F4N5O3S. The van der Waals surface area contributed by atoms with Crippen molar-refractivity contribution in [3.8, 4) is 17.5 Å². The van der Waals surface area contributed by atoms with Crippen LogP contribution in [0, 0.1) is 17.1 Å². The highest BCUT2D eigenvalue weighted by Crippen LogP contribution is 2.31. The molecule has 1 aliphatic rings. The molecular weight excluding hydrogens is 478 g/mol. The Bertz CT molecular complexity index is 1340. The summed E-state index contributed by atoms with van der Waals surface area (Å²) in [7, 11) is -3.91. The van der Waals surface area contributed by atoms with Crippen molar-refractivity contribution in [2.45, 2.75) is 17.6 Å². The molecule has 3 aromatic rings. The van der Waals surface area contributed by atoms with Crippen LogP contribution in [-0.2, 0) is 22.7 Å². The van der Waals surface area contributed by atoms with Crippen LogP contribution in [0.15, 0.2) is 51.9 Å². The van der Waals surface area contributed by atoms with E-state index in [1.165, 1.54) is 16.4 Å². The molecule has 34 heavy (non-hydrogen) atoms. The van der Waals surface area contributed by atoms with Crippen molar-refractivity contribution >= 4 is 10.0 Å². The Labute approximate surface area is 192 Å². The van der Waals surface area contributed by atoms with E-state index in [0.29, 0.717) is 13.1 Å². The molecule has 0 amide bonds. The lowest BCUT2D eigenvalue weighted by Gasteiger charge is -2.33. The van der Waals surface area contributed by atoms with Crippen molar-refractivity contribution in [2.75, 3.05) is 26.2 Å². The molecule has 0 aliphatic carbocycles. The lowest BCUT2D eigenvalue weighted by molar-refractivity contribution is -0.137. The Morgan fingerprint density at radius 1 is 1.09 bits per heavy atom. The smallest absolute Gasteiger partial charge is 0.338 e. The van der Waals surface area contributed by atoms with Gasteiger partial charge in [-0.15, -0.1) is 0 Å². The van der Waals surface area contributed by atoms with Crippen molar-refractivity contribution < 1.29 is 30.5 Å². The van der Waals surface area contributed by atoms with Crippen LogP contribution in [0.4, 0.5) is 17.6 Å². The molecule has 1 saturated heterocycles. The number of sulfonamides is 1. The maximum Gasteiger partial charge on any atom is 0.416 e. The first kappa shape index (κ1) is 23.8. The maximum atomic E-state index is 13.5. The van der Waals surface area contributed by atoms with Gasteiger partial charge < -0.3 is 4.52 Å². The van der Waals surface area contributed by atoms with Crippen LogP contribution in [-0.4, -0.2) is 53.9 Å². The van der Waals surface area contributed by atoms with Gasteiger partial charge in [-0.3, -0.25) is 4.90 Å². The molecule has 8 nitrogen and oxygen atoms in total. The first-order valence-corrected chi connectivity index (χ1v) is 11.4. The van der Waals surface area contributed by atoms with Gasteiger partial charge in [-0.05, 0) is 30.3 Å². The Morgan fingerprint density at radius 2 is 1.82 bits per heavy atom. The van der Waals surface area contributed by atoms with Crippen LogP contribution in [0.5, 0.6) is 0 Å². The molecule has 0 saturated carbocycles. The molecule has 0 atom stereocenters. The van der Waals surface area contributed by atoms with Crippen LogP contribution in [0.1, 0.15) is 17.0 Å². The van der Waals surface area contributed by atoms with Gasteiger partial charge in [0, 0.05) is 31.7 Å². The van der Waals surface area contributed by atoms with Gasteiger partial charge >= 0.3 is 6.18 Å². The van der Waals surface area contributed by atoms with Gasteiger partial charge in [0.15, 0.2) is 0 Å². The third kappa shape index (κ3) is 4.93. The Morgan fingerprint density at radius 3 is 2.50 bits per heavy atom. The van der Waals surface area contributed by atoms with Crippen molar-refractivity contribution in [1.29, 1.82) is 5.26 Å². The highest BCUT2D eigenvalue weighted by atomic mass is 32.2. The fraction of sp³-hybridized carbons (Fsp3) is 0.286. The number of aromatic nitrogens is 2. The van der Waals surface area contributed by atoms with Crippen LogP contribution in [0.3, 0.4) is 0 Å². The Kier molecular flexibility index (Phi) is 6.39. The SMILES string of the molecule is N#Cc1cc(S(=O)(=O)N2CCN(Cc3nc(-c4cccc(C(F)(F)F)c4)no3)CC2)ccc1F. The van der Waals surface area contributed by atoms with Crippen LogP contribution < -0.4 is 0 Å². The van der Waals surface area contributed by atoms with E-state index < -0.39 is 27.6 Å². The van der Waals surface area contributed by atoms with Gasteiger partial charge in [-0.25, -0.2) is 12.8 Å². The lowest BCUT2D eigenvalue weighted by atomic mass is 10.1. The quantitative estimate of drug-likeness (QED) is 0.501. The largest absolute Gasteiger partial charge is 0.416 e. The van der Waals surface area contributed by atoms with Gasteiger partial charge in [0.2, 0.25) is 21.7 Å². The molecule has 2 heterocycles. The number of nitrogens with zero attached hydrogens (tertiary/aromatic N) is 5. The monoisotopic (exact) mass is 495 g/mol. The van der Waals surface area contributed by atoms with Gasteiger partial charge in [-0.2, -0.15) is 27.7 Å². The molecule has 1 aliphatic heterocycles. The van der Waals surface area contributed by atoms with E-state index in [2.05, 4.69) is 10.1 Å². The second-order valence-electron chi connectivity index (χ2n) is 7.52. The molecule has 0 spiro atoms. The van der Waals surface area contributed by atoms with Gasteiger partial charge in [0.25, 0.3) is 0 Å². The summed E-state index contributed by atoms with van der Waals surface area (Å²) in [6.07, 6.45) is -4.49. The van der Waals surface area contributed by atoms with E-state index >= 15 is 0 Å². The number of hydrogen-bond donors (Lipinski definition) is 0. The van der Waals surface area contributed by atoms with Crippen molar-refractivity contribution in [2.24, 2.45) is 0 Å². The average Bonchev–Trinajstić information content (AvgIpc) is 3.27. The Balaban J connectivity index is 1.40. The molecule has 0 bridgehead atoms. The minimum absolute atomic E-state index is 0.0203. The summed E-state index contributed by atoms with van der Waals surface area (Å²) in [5, 5.41) is 12.7. The zero-order valence-electron chi connectivity index (χ0n) is 17.5. The average molecular weight is 495 g/mol. The lowest BCUT2D eigenvalue weighted by Crippen LogP contribution is -2.48. The van der Waals surface area contributed by atoms with Crippen molar-refractivity contribution in [3.63, 3.8) is 0 Å². The summed E-state index contributed by atoms with van der Waals surface area (Å²) in [5.41, 5.74) is -1.01. The van der Waals surface area contributed by atoms with Crippen LogP contribution >= 0.6 is 0 Å². The molecule has 178 valence electrons. The van der Waals surface area contributed by atoms with Gasteiger partial charge in [-0.1, -0.05) is 17.3 Å². The fourth-order valence-electron chi connectivity index (χ4n) is 3.49. The van der Waals surface area contributed by atoms with E-state index in [-0.39, 0.29) is 47.4 Å². The Hall–Kier alpha value is -3.34. The van der Waals surface area contributed by atoms with Gasteiger partial charge in [0.05, 0.1) is 22.6 Å². The topological polar surface area (TPSA) is 103 Å². The van der Waals surface area contributed by atoms with E-state index in [4.69, 9.17) is 9.78 Å². The number of alkyl halides is 3. The van der Waals surface area contributed by atoms with Crippen molar-refractivity contribution in [1.82, 2.24) is 19.3 Å². The number of hydrogen-bond acceptors (Lipinski definition) is 7. The van der Waals surface area contributed by atoms with E-state index in [1.54, 1.807) is 6.07 Å². The van der Waals surface area contributed by atoms with Crippen molar-refractivity contribution in [3.05, 3.63) is 65.3 Å². The third-order valence-corrected chi connectivity index (χ3v) is 7.20. The first-order valence-electron chi connectivity index (χ1n) is 10.0. The second kappa shape index (κ2) is 9.13. The van der Waals surface area contributed by atoms with Crippen LogP contribution in [0.2, 0.25) is 0 Å². The van der Waals surface area contributed by atoms with E-state index in [0.717, 1.165) is 30.3 Å². The summed E-state index contributed by atoms with van der Waals surface area (Å²) in [6, 6.07) is 9.28. The highest BCUT2D eigenvalue weighted by Gasteiger charge is 2.31. The molecule has 0 N–H and O–H groups in total. The molecule has 13 heteroatoms. The number of benzene rings is 2. The van der Waals surface area contributed by atoms with E-state index in [1.807, 2.05) is 4.90 Å². The van der Waals surface area contributed by atoms with Crippen LogP contribution in [0.25, 0.3) is 11.4 Å². The summed E-state index contributed by atoms with van der Waals surface area (Å²) >= 11 is 0. The zero-order chi connectivity index (χ0) is 24.5. The van der Waals surface area contributed by atoms with Gasteiger partial charge in [0.1, 0.15) is 11.9 Å². The predicted molar refractivity (Wildman–Crippen MR) is 110 cm³/mol.